The lowest BCUT2D eigenvalue weighted by Crippen LogP contribution is -2.36. The smallest absolute Gasteiger partial charge is 0.215 e. The molecule has 6 nitrogen and oxygen atoms in total. The monoisotopic (exact) mass is 316 g/mol. The fourth-order valence-corrected chi connectivity index (χ4v) is 3.08. The fourth-order valence-electron chi connectivity index (χ4n) is 1.92. The van der Waals surface area contributed by atoms with E-state index in [1.165, 1.54) is 7.11 Å². The van der Waals surface area contributed by atoms with Gasteiger partial charge in [-0.1, -0.05) is 24.3 Å². The molecule has 0 heterocycles. The molecule has 0 aliphatic carbocycles. The Labute approximate surface area is 126 Å². The molecule has 1 atom stereocenters. The maximum absolute atomic E-state index is 12.1. The number of sulfonamides is 1. The van der Waals surface area contributed by atoms with E-state index in [2.05, 4.69) is 10.0 Å². The Hall–Kier alpha value is -0.990. The third-order valence-electron chi connectivity index (χ3n) is 2.95. The molecule has 0 radical (unpaired) electrons. The number of hydrogen-bond acceptors (Lipinski definition) is 5. The molecule has 0 saturated carbocycles. The highest BCUT2D eigenvalue weighted by Gasteiger charge is 2.15. The molecule has 0 aromatic heterocycles. The van der Waals surface area contributed by atoms with Gasteiger partial charge in [-0.2, -0.15) is 0 Å². The first-order valence-electron chi connectivity index (χ1n) is 6.72. The van der Waals surface area contributed by atoms with Gasteiger partial charge in [0.05, 0.1) is 18.5 Å². The lowest BCUT2D eigenvalue weighted by atomic mass is 10.1. The molecule has 1 aromatic rings. The fraction of sp³-hybridized carbons (Fsp3) is 0.571. The molecule has 0 aliphatic heterocycles. The second-order valence-corrected chi connectivity index (χ2v) is 6.58. The zero-order chi connectivity index (χ0) is 15.7. The summed E-state index contributed by atoms with van der Waals surface area (Å²) in [4.78, 5) is 0. The van der Waals surface area contributed by atoms with E-state index in [4.69, 9.17) is 9.47 Å². The zero-order valence-corrected chi connectivity index (χ0v) is 13.6. The number of benzene rings is 1. The van der Waals surface area contributed by atoms with E-state index in [1.807, 2.05) is 25.2 Å². The molecule has 0 amide bonds. The van der Waals surface area contributed by atoms with Gasteiger partial charge in [-0.3, -0.25) is 0 Å². The molecule has 0 spiro atoms. The third-order valence-corrected chi connectivity index (χ3v) is 4.27. The molecular formula is C14H24N2O4S. The van der Waals surface area contributed by atoms with Gasteiger partial charge in [0.25, 0.3) is 0 Å². The van der Waals surface area contributed by atoms with Crippen molar-refractivity contribution in [2.45, 2.75) is 18.4 Å². The van der Waals surface area contributed by atoms with E-state index >= 15 is 0 Å². The van der Waals surface area contributed by atoms with Crippen molar-refractivity contribution in [2.24, 2.45) is 0 Å². The SMILES string of the molecule is CNCc1cccc(CS(=O)(=O)NCC(COC)OC)c1. The number of rotatable bonds is 10. The highest BCUT2D eigenvalue weighted by Crippen LogP contribution is 2.08. The van der Waals surface area contributed by atoms with Crippen molar-refractivity contribution in [3.63, 3.8) is 0 Å². The van der Waals surface area contributed by atoms with Crippen LogP contribution in [0.5, 0.6) is 0 Å². The average molecular weight is 316 g/mol. The van der Waals surface area contributed by atoms with Gasteiger partial charge < -0.3 is 14.8 Å². The van der Waals surface area contributed by atoms with Crippen molar-refractivity contribution in [3.05, 3.63) is 35.4 Å². The standard InChI is InChI=1S/C14H24N2O4S/c1-15-8-12-5-4-6-13(7-12)11-21(17,18)16-9-14(20-3)10-19-2/h4-7,14-16H,8-11H2,1-3H3. The molecule has 21 heavy (non-hydrogen) atoms. The molecule has 1 unspecified atom stereocenters. The largest absolute Gasteiger partial charge is 0.382 e. The topological polar surface area (TPSA) is 76.7 Å². The molecule has 1 rings (SSSR count). The van der Waals surface area contributed by atoms with Crippen LogP contribution in [0.4, 0.5) is 0 Å². The summed E-state index contributed by atoms with van der Waals surface area (Å²) in [6.45, 7) is 1.25. The summed E-state index contributed by atoms with van der Waals surface area (Å²) in [5.41, 5.74) is 1.82. The minimum Gasteiger partial charge on any atom is -0.382 e. The number of methoxy groups -OCH3 is 2. The van der Waals surface area contributed by atoms with Crippen molar-refractivity contribution in [3.8, 4) is 0 Å². The van der Waals surface area contributed by atoms with Crippen molar-refractivity contribution in [1.29, 1.82) is 0 Å². The minimum absolute atomic E-state index is 0.0476. The average Bonchev–Trinajstić information content (AvgIpc) is 2.43. The summed E-state index contributed by atoms with van der Waals surface area (Å²) in [7, 11) is 1.53. The Bertz CT molecular complexity index is 519. The summed E-state index contributed by atoms with van der Waals surface area (Å²) >= 11 is 0. The van der Waals surface area contributed by atoms with Crippen LogP contribution in [0.1, 0.15) is 11.1 Å². The van der Waals surface area contributed by atoms with E-state index < -0.39 is 10.0 Å². The van der Waals surface area contributed by atoms with Crippen LogP contribution < -0.4 is 10.0 Å². The van der Waals surface area contributed by atoms with Crippen LogP contribution in [0.2, 0.25) is 0 Å². The van der Waals surface area contributed by atoms with Gasteiger partial charge in [-0.15, -0.1) is 0 Å². The highest BCUT2D eigenvalue weighted by atomic mass is 32.2. The number of nitrogens with one attached hydrogen (secondary N) is 2. The van der Waals surface area contributed by atoms with Crippen LogP contribution in [-0.2, 0) is 31.8 Å². The molecule has 2 N–H and O–H groups in total. The second kappa shape index (κ2) is 9.11. The third kappa shape index (κ3) is 7.01. The predicted octanol–water partition coefficient (Wildman–Crippen LogP) is 0.487. The zero-order valence-electron chi connectivity index (χ0n) is 12.8. The molecule has 0 saturated heterocycles. The van der Waals surface area contributed by atoms with Gasteiger partial charge in [-0.25, -0.2) is 13.1 Å². The normalized spacial score (nSPS) is 13.3. The Morgan fingerprint density at radius 1 is 1.24 bits per heavy atom. The van der Waals surface area contributed by atoms with Gasteiger partial charge in [-0.05, 0) is 18.2 Å². The molecular weight excluding hydrogens is 292 g/mol. The van der Waals surface area contributed by atoms with Crippen LogP contribution in [0, 0.1) is 0 Å². The quantitative estimate of drug-likeness (QED) is 0.657. The molecule has 1 aromatic carbocycles. The Kier molecular flexibility index (Phi) is 7.84. The lowest BCUT2D eigenvalue weighted by Gasteiger charge is -2.15. The maximum atomic E-state index is 12.1. The van der Waals surface area contributed by atoms with Gasteiger partial charge in [0.1, 0.15) is 0 Å². The molecule has 7 heteroatoms. The van der Waals surface area contributed by atoms with Crippen molar-refractivity contribution in [2.75, 3.05) is 34.4 Å². The van der Waals surface area contributed by atoms with E-state index in [1.54, 1.807) is 13.2 Å². The molecule has 0 bridgehead atoms. The van der Waals surface area contributed by atoms with Crippen LogP contribution in [-0.4, -0.2) is 48.9 Å². The lowest BCUT2D eigenvalue weighted by molar-refractivity contribution is 0.0320. The van der Waals surface area contributed by atoms with Crippen molar-refractivity contribution in [1.82, 2.24) is 10.0 Å². The molecule has 0 fully saturated rings. The molecule has 0 aliphatic rings. The van der Waals surface area contributed by atoms with E-state index in [0.717, 1.165) is 11.1 Å². The van der Waals surface area contributed by atoms with Gasteiger partial charge in [0.15, 0.2) is 0 Å². The van der Waals surface area contributed by atoms with E-state index in [9.17, 15) is 8.42 Å². The summed E-state index contributed by atoms with van der Waals surface area (Å²) in [6, 6.07) is 7.51. The summed E-state index contributed by atoms with van der Waals surface area (Å²) in [6.07, 6.45) is -0.291. The highest BCUT2D eigenvalue weighted by molar-refractivity contribution is 7.88. The van der Waals surface area contributed by atoms with Gasteiger partial charge in [0, 0.05) is 27.3 Å². The van der Waals surface area contributed by atoms with Crippen molar-refractivity contribution >= 4 is 10.0 Å². The number of ether oxygens (including phenoxy) is 2. The van der Waals surface area contributed by atoms with Crippen LogP contribution in [0.3, 0.4) is 0 Å². The first-order chi connectivity index (χ1) is 10.0. The van der Waals surface area contributed by atoms with Crippen LogP contribution >= 0.6 is 0 Å². The second-order valence-electron chi connectivity index (χ2n) is 4.77. The Balaban J connectivity index is 2.61. The maximum Gasteiger partial charge on any atom is 0.215 e. The summed E-state index contributed by atoms with van der Waals surface area (Å²) < 4.78 is 36.8. The van der Waals surface area contributed by atoms with Gasteiger partial charge >= 0.3 is 0 Å². The van der Waals surface area contributed by atoms with Crippen molar-refractivity contribution < 1.29 is 17.9 Å². The predicted molar refractivity (Wildman–Crippen MR) is 82.5 cm³/mol. The van der Waals surface area contributed by atoms with E-state index in [-0.39, 0.29) is 18.4 Å². The van der Waals surface area contributed by atoms with Crippen LogP contribution in [0.15, 0.2) is 24.3 Å². The minimum atomic E-state index is -3.40. The summed E-state index contributed by atoms with van der Waals surface area (Å²) in [5.74, 6) is -0.0476. The molecule has 120 valence electrons. The van der Waals surface area contributed by atoms with Gasteiger partial charge in [0.2, 0.25) is 10.0 Å². The Morgan fingerprint density at radius 3 is 2.57 bits per heavy atom. The summed E-state index contributed by atoms with van der Waals surface area (Å²) in [5, 5.41) is 3.04. The van der Waals surface area contributed by atoms with Crippen LogP contribution in [0.25, 0.3) is 0 Å². The Morgan fingerprint density at radius 2 is 1.95 bits per heavy atom. The van der Waals surface area contributed by atoms with E-state index in [0.29, 0.717) is 13.2 Å². The first kappa shape index (κ1) is 18.1. The number of hydrogen-bond donors (Lipinski definition) is 2. The first-order valence-corrected chi connectivity index (χ1v) is 8.37.